The van der Waals surface area contributed by atoms with Crippen molar-refractivity contribution in [2.24, 2.45) is 0 Å². The summed E-state index contributed by atoms with van der Waals surface area (Å²) in [5.41, 5.74) is -0.824. The highest BCUT2D eigenvalue weighted by Crippen LogP contribution is 2.30. The standard InChI is InChI=1S/C19H20F3N5O5S/c1-18(11-12-8-9-23-15(10-12)25-33(30,31)26(2)3)16(28)27(17(29)24-18)13-4-6-14(7-5-13)32-19(20,21)22/h4-10H,11H2,1-3H3,(H,23,25)(H,24,29). The van der Waals surface area contributed by atoms with Crippen LogP contribution in [-0.4, -0.2) is 55.6 Å². The fourth-order valence-corrected chi connectivity index (χ4v) is 3.67. The topological polar surface area (TPSA) is 121 Å². The molecule has 1 aliphatic heterocycles. The molecular formula is C19H20F3N5O5S. The zero-order valence-corrected chi connectivity index (χ0v) is 18.5. The van der Waals surface area contributed by atoms with Gasteiger partial charge in [0.15, 0.2) is 0 Å². The molecule has 1 aromatic carbocycles. The van der Waals surface area contributed by atoms with E-state index in [4.69, 9.17) is 0 Å². The Morgan fingerprint density at radius 1 is 1.18 bits per heavy atom. The summed E-state index contributed by atoms with van der Waals surface area (Å²) in [6, 6.07) is 6.53. The number of imide groups is 1. The van der Waals surface area contributed by atoms with Gasteiger partial charge < -0.3 is 10.1 Å². The fraction of sp³-hybridized carbons (Fsp3) is 0.316. The molecule has 1 saturated heterocycles. The van der Waals surface area contributed by atoms with Crippen LogP contribution in [0, 0.1) is 0 Å². The van der Waals surface area contributed by atoms with Gasteiger partial charge in [0.2, 0.25) is 0 Å². The number of benzene rings is 1. The van der Waals surface area contributed by atoms with Crippen LogP contribution in [0.3, 0.4) is 0 Å². The number of halogens is 3. The van der Waals surface area contributed by atoms with Crippen molar-refractivity contribution in [1.29, 1.82) is 0 Å². The summed E-state index contributed by atoms with van der Waals surface area (Å²) in [5.74, 6) is -1.10. The molecule has 178 valence electrons. The molecular weight excluding hydrogens is 467 g/mol. The lowest BCUT2D eigenvalue weighted by atomic mass is 9.93. The quantitative estimate of drug-likeness (QED) is 0.578. The molecule has 1 aliphatic rings. The minimum atomic E-state index is -4.87. The van der Waals surface area contributed by atoms with Gasteiger partial charge in [0.25, 0.3) is 5.91 Å². The molecule has 2 aromatic rings. The van der Waals surface area contributed by atoms with Crippen molar-refractivity contribution in [2.75, 3.05) is 23.7 Å². The summed E-state index contributed by atoms with van der Waals surface area (Å²) in [4.78, 5) is 30.3. The fourth-order valence-electron chi connectivity index (χ4n) is 3.11. The molecule has 2 N–H and O–H groups in total. The van der Waals surface area contributed by atoms with Gasteiger partial charge in [-0.3, -0.25) is 9.52 Å². The molecule has 0 aliphatic carbocycles. The molecule has 3 amide bonds. The number of nitrogens with zero attached hydrogens (tertiary/aromatic N) is 3. The molecule has 0 saturated carbocycles. The minimum Gasteiger partial charge on any atom is -0.406 e. The maximum absolute atomic E-state index is 13.1. The Hall–Kier alpha value is -3.39. The highest BCUT2D eigenvalue weighted by atomic mass is 32.2. The number of rotatable bonds is 7. The van der Waals surface area contributed by atoms with Gasteiger partial charge in [-0.25, -0.2) is 14.7 Å². The van der Waals surface area contributed by atoms with E-state index < -0.39 is 39.8 Å². The zero-order valence-electron chi connectivity index (χ0n) is 17.7. The molecule has 1 aromatic heterocycles. The number of hydrogen-bond donors (Lipinski definition) is 2. The molecule has 0 spiro atoms. The van der Waals surface area contributed by atoms with Crippen LogP contribution in [0.5, 0.6) is 5.75 Å². The van der Waals surface area contributed by atoms with Gasteiger partial charge in [0.05, 0.1) is 5.69 Å². The van der Waals surface area contributed by atoms with Crippen molar-refractivity contribution < 1.29 is 35.9 Å². The Balaban J connectivity index is 1.79. The zero-order chi connectivity index (χ0) is 24.6. The van der Waals surface area contributed by atoms with Crippen LogP contribution >= 0.6 is 0 Å². The smallest absolute Gasteiger partial charge is 0.406 e. The predicted octanol–water partition coefficient (Wildman–Crippen LogP) is 2.26. The number of pyridine rings is 1. The van der Waals surface area contributed by atoms with E-state index in [0.29, 0.717) is 5.56 Å². The van der Waals surface area contributed by atoms with E-state index in [-0.39, 0.29) is 17.9 Å². The molecule has 0 bridgehead atoms. The highest BCUT2D eigenvalue weighted by molar-refractivity contribution is 7.90. The number of ether oxygens (including phenoxy) is 1. The first-order chi connectivity index (χ1) is 15.2. The molecule has 33 heavy (non-hydrogen) atoms. The number of carbonyl (C=O) groups is 2. The number of hydrogen-bond acceptors (Lipinski definition) is 6. The van der Waals surface area contributed by atoms with Gasteiger partial charge in [-0.15, -0.1) is 13.2 Å². The molecule has 1 unspecified atom stereocenters. The summed E-state index contributed by atoms with van der Waals surface area (Å²) in [7, 11) is -1.11. The van der Waals surface area contributed by atoms with Gasteiger partial charge in [-0.05, 0) is 48.9 Å². The highest BCUT2D eigenvalue weighted by Gasteiger charge is 2.48. The molecule has 0 radical (unpaired) electrons. The van der Waals surface area contributed by atoms with Gasteiger partial charge in [-0.2, -0.15) is 12.7 Å². The molecule has 10 nitrogen and oxygen atoms in total. The first kappa shape index (κ1) is 24.3. The summed E-state index contributed by atoms with van der Waals surface area (Å²) in [6.07, 6.45) is -3.52. The number of amides is 3. The lowest BCUT2D eigenvalue weighted by Gasteiger charge is -2.22. The van der Waals surface area contributed by atoms with Crippen molar-refractivity contribution in [3.05, 3.63) is 48.2 Å². The normalized spacial score (nSPS) is 19.1. The molecule has 1 atom stereocenters. The maximum atomic E-state index is 13.1. The van der Waals surface area contributed by atoms with E-state index in [0.717, 1.165) is 33.5 Å². The summed E-state index contributed by atoms with van der Waals surface area (Å²) in [5, 5.41) is 2.57. The SMILES string of the molecule is CN(C)S(=O)(=O)Nc1cc(CC2(C)NC(=O)N(c3ccc(OC(F)(F)F)cc3)C2=O)ccn1. The van der Waals surface area contributed by atoms with Crippen LogP contribution in [0.15, 0.2) is 42.6 Å². The Kier molecular flexibility index (Phi) is 6.26. The van der Waals surface area contributed by atoms with E-state index in [1.54, 1.807) is 6.07 Å². The van der Waals surface area contributed by atoms with Crippen LogP contribution in [0.1, 0.15) is 12.5 Å². The van der Waals surface area contributed by atoms with Gasteiger partial charge in [-0.1, -0.05) is 0 Å². The monoisotopic (exact) mass is 487 g/mol. The predicted molar refractivity (Wildman–Crippen MR) is 112 cm³/mol. The number of carbonyl (C=O) groups excluding carboxylic acids is 2. The number of aromatic nitrogens is 1. The molecule has 1 fully saturated rings. The minimum absolute atomic E-state index is 0.00253. The second-order valence-corrected chi connectivity index (χ2v) is 9.44. The van der Waals surface area contributed by atoms with Crippen molar-refractivity contribution in [3.8, 4) is 5.75 Å². The maximum Gasteiger partial charge on any atom is 0.573 e. The van der Waals surface area contributed by atoms with E-state index >= 15 is 0 Å². The number of urea groups is 1. The Labute approximate surface area is 187 Å². The lowest BCUT2D eigenvalue weighted by molar-refractivity contribution is -0.274. The average Bonchev–Trinajstić information content (AvgIpc) is 2.89. The van der Waals surface area contributed by atoms with Crippen LogP contribution in [0.4, 0.5) is 29.5 Å². The third kappa shape index (κ3) is 5.51. The molecule has 14 heteroatoms. The summed E-state index contributed by atoms with van der Waals surface area (Å²) >= 11 is 0. The van der Waals surface area contributed by atoms with Crippen LogP contribution < -0.4 is 19.7 Å². The van der Waals surface area contributed by atoms with Gasteiger partial charge >= 0.3 is 22.6 Å². The summed E-state index contributed by atoms with van der Waals surface area (Å²) in [6.45, 7) is 1.48. The second-order valence-electron chi connectivity index (χ2n) is 7.56. The third-order valence-corrected chi connectivity index (χ3v) is 6.11. The lowest BCUT2D eigenvalue weighted by Crippen LogP contribution is -2.46. The Morgan fingerprint density at radius 3 is 2.39 bits per heavy atom. The first-order valence-electron chi connectivity index (χ1n) is 9.38. The third-order valence-electron chi connectivity index (χ3n) is 4.69. The summed E-state index contributed by atoms with van der Waals surface area (Å²) < 4.78 is 68.1. The van der Waals surface area contributed by atoms with Gasteiger partial charge in [0, 0.05) is 26.7 Å². The number of alkyl halides is 3. The Bertz CT molecular complexity index is 1170. The van der Waals surface area contributed by atoms with E-state index in [1.165, 1.54) is 33.3 Å². The van der Waals surface area contributed by atoms with Crippen LogP contribution in [0.25, 0.3) is 0 Å². The van der Waals surface area contributed by atoms with E-state index in [1.807, 2.05) is 0 Å². The van der Waals surface area contributed by atoms with Crippen molar-refractivity contribution in [3.63, 3.8) is 0 Å². The second kappa shape index (κ2) is 8.51. The van der Waals surface area contributed by atoms with Crippen molar-refractivity contribution in [1.82, 2.24) is 14.6 Å². The molecule has 3 rings (SSSR count). The van der Waals surface area contributed by atoms with Crippen LogP contribution in [-0.2, 0) is 21.4 Å². The number of anilines is 2. The van der Waals surface area contributed by atoms with Crippen LogP contribution in [0.2, 0.25) is 0 Å². The van der Waals surface area contributed by atoms with Crippen molar-refractivity contribution >= 4 is 33.7 Å². The van der Waals surface area contributed by atoms with Crippen molar-refractivity contribution in [2.45, 2.75) is 25.2 Å². The van der Waals surface area contributed by atoms with E-state index in [9.17, 15) is 31.2 Å². The average molecular weight is 487 g/mol. The van der Waals surface area contributed by atoms with E-state index in [2.05, 4.69) is 19.8 Å². The Morgan fingerprint density at radius 2 is 1.82 bits per heavy atom. The van der Waals surface area contributed by atoms with Gasteiger partial charge in [0.1, 0.15) is 17.1 Å². The first-order valence-corrected chi connectivity index (χ1v) is 10.8. The number of nitrogens with one attached hydrogen (secondary N) is 2. The molecule has 2 heterocycles. The largest absolute Gasteiger partial charge is 0.573 e.